The highest BCUT2D eigenvalue weighted by Crippen LogP contribution is 2.30. The molecule has 2 aromatic rings. The lowest BCUT2D eigenvalue weighted by Gasteiger charge is -2.10. The van der Waals surface area contributed by atoms with Crippen molar-refractivity contribution in [3.05, 3.63) is 76.6 Å². The third-order valence-electron chi connectivity index (χ3n) is 4.68. The lowest BCUT2D eigenvalue weighted by Crippen LogP contribution is -2.12. The van der Waals surface area contributed by atoms with E-state index in [-0.39, 0.29) is 0 Å². The van der Waals surface area contributed by atoms with Crippen molar-refractivity contribution in [1.82, 2.24) is 4.57 Å². The van der Waals surface area contributed by atoms with Gasteiger partial charge in [-0.2, -0.15) is 0 Å². The van der Waals surface area contributed by atoms with Crippen molar-refractivity contribution in [2.45, 2.75) is 24.8 Å². The zero-order chi connectivity index (χ0) is 18.7. The van der Waals surface area contributed by atoms with E-state index in [4.69, 9.17) is 5.73 Å². The smallest absolute Gasteiger partial charge is 0.175 e. The quantitative estimate of drug-likeness (QED) is 0.880. The molecule has 0 unspecified atom stereocenters. The fraction of sp³-hybridized carbons (Fsp3) is 0.238. The highest BCUT2D eigenvalue weighted by molar-refractivity contribution is 7.90. The molecule has 1 aliphatic rings. The van der Waals surface area contributed by atoms with Crippen LogP contribution in [-0.2, 0) is 22.8 Å². The van der Waals surface area contributed by atoms with Crippen LogP contribution in [-0.4, -0.2) is 25.8 Å². The molecule has 0 spiro atoms. The first-order valence-corrected chi connectivity index (χ1v) is 10.5. The monoisotopic (exact) mass is 368 g/mol. The molecule has 5 heteroatoms. The van der Waals surface area contributed by atoms with E-state index in [1.54, 1.807) is 12.1 Å². The van der Waals surface area contributed by atoms with Gasteiger partial charge in [-0.05, 0) is 30.2 Å². The average Bonchev–Trinajstić information content (AvgIpc) is 2.79. The molecule has 0 bridgehead atoms. The maximum absolute atomic E-state index is 12.2. The number of allylic oxidation sites excluding steroid dienone is 4. The number of sulfone groups is 1. The molecular weight excluding hydrogens is 344 g/mol. The van der Waals surface area contributed by atoms with Gasteiger partial charge < -0.3 is 10.3 Å². The van der Waals surface area contributed by atoms with E-state index in [2.05, 4.69) is 23.6 Å². The highest BCUT2D eigenvalue weighted by atomic mass is 32.2. The van der Waals surface area contributed by atoms with Crippen molar-refractivity contribution >= 4 is 22.0 Å². The van der Waals surface area contributed by atoms with Gasteiger partial charge in [-0.15, -0.1) is 0 Å². The molecule has 0 atom stereocenters. The summed E-state index contributed by atoms with van der Waals surface area (Å²) in [5.41, 5.74) is 11.1. The van der Waals surface area contributed by atoms with Crippen LogP contribution in [0.4, 0.5) is 0 Å². The molecule has 0 amide bonds. The Bertz CT molecular complexity index is 1010. The van der Waals surface area contributed by atoms with E-state index in [0.29, 0.717) is 17.9 Å². The largest absolute Gasteiger partial charge is 0.343 e. The molecule has 1 aromatic heterocycles. The maximum Gasteiger partial charge on any atom is 0.175 e. The van der Waals surface area contributed by atoms with Crippen LogP contribution in [0.15, 0.2) is 53.5 Å². The van der Waals surface area contributed by atoms with Crippen LogP contribution in [0, 0.1) is 6.92 Å². The van der Waals surface area contributed by atoms with E-state index in [1.165, 1.54) is 6.26 Å². The van der Waals surface area contributed by atoms with Crippen LogP contribution in [0.1, 0.15) is 28.1 Å². The molecule has 26 heavy (non-hydrogen) atoms. The molecule has 3 rings (SSSR count). The number of benzene rings is 1. The second-order valence-electron chi connectivity index (χ2n) is 6.46. The lowest BCUT2D eigenvalue weighted by atomic mass is 9.99. The number of aromatic nitrogens is 1. The minimum Gasteiger partial charge on any atom is -0.343 e. The van der Waals surface area contributed by atoms with Crippen molar-refractivity contribution in [2.24, 2.45) is 5.73 Å². The number of rotatable bonds is 5. The SMILES string of the molecule is Cc1c(Cc2ccccc2S(C)(=O)=O)c2c(n1CCN)C=CC=CC=C2. The van der Waals surface area contributed by atoms with Gasteiger partial charge in [0.15, 0.2) is 9.84 Å². The van der Waals surface area contributed by atoms with Crippen molar-refractivity contribution < 1.29 is 8.42 Å². The van der Waals surface area contributed by atoms with Gasteiger partial charge >= 0.3 is 0 Å². The summed E-state index contributed by atoms with van der Waals surface area (Å²) in [6.07, 6.45) is 14.0. The van der Waals surface area contributed by atoms with Crippen LogP contribution >= 0.6 is 0 Å². The number of hydrogen-bond donors (Lipinski definition) is 1. The van der Waals surface area contributed by atoms with E-state index in [9.17, 15) is 8.42 Å². The summed E-state index contributed by atoms with van der Waals surface area (Å²) in [4.78, 5) is 0.394. The predicted octanol–water partition coefficient (Wildman–Crippen LogP) is 3.35. The Morgan fingerprint density at radius 2 is 1.73 bits per heavy atom. The molecule has 136 valence electrons. The van der Waals surface area contributed by atoms with Crippen LogP contribution in [0.2, 0.25) is 0 Å². The minimum atomic E-state index is -3.27. The summed E-state index contributed by atoms with van der Waals surface area (Å²) in [6.45, 7) is 3.35. The summed E-state index contributed by atoms with van der Waals surface area (Å²) in [5.74, 6) is 0. The molecule has 0 saturated heterocycles. The van der Waals surface area contributed by atoms with Gasteiger partial charge in [0.05, 0.1) is 4.90 Å². The minimum absolute atomic E-state index is 0.394. The number of hydrogen-bond acceptors (Lipinski definition) is 3. The standard InChI is InChI=1S/C21H24N2O2S/c1-16-19(15-17-9-7-8-12-21(17)26(2,24)25)18-10-5-3-4-6-11-20(18)23(16)14-13-22/h3-12H,13-15,22H2,1-2H3. The molecule has 0 saturated carbocycles. The van der Waals surface area contributed by atoms with Gasteiger partial charge in [-0.3, -0.25) is 0 Å². The average molecular weight is 369 g/mol. The second-order valence-corrected chi connectivity index (χ2v) is 8.45. The molecule has 1 aromatic carbocycles. The van der Waals surface area contributed by atoms with E-state index < -0.39 is 9.84 Å². The number of fused-ring (bicyclic) bond motifs is 1. The molecule has 4 nitrogen and oxygen atoms in total. The first kappa shape index (κ1) is 18.4. The van der Waals surface area contributed by atoms with E-state index in [1.807, 2.05) is 36.4 Å². The lowest BCUT2D eigenvalue weighted by molar-refractivity contribution is 0.601. The number of nitrogens with two attached hydrogens (primary N) is 1. The Kier molecular flexibility index (Phi) is 5.30. The van der Waals surface area contributed by atoms with Crippen molar-refractivity contribution in [2.75, 3.05) is 12.8 Å². The zero-order valence-electron chi connectivity index (χ0n) is 15.1. The fourth-order valence-electron chi connectivity index (χ4n) is 3.47. The molecule has 2 N–H and O–H groups in total. The van der Waals surface area contributed by atoms with E-state index >= 15 is 0 Å². The first-order valence-electron chi connectivity index (χ1n) is 8.65. The summed E-state index contributed by atoms with van der Waals surface area (Å²) in [6, 6.07) is 7.23. The van der Waals surface area contributed by atoms with Crippen LogP contribution < -0.4 is 5.73 Å². The van der Waals surface area contributed by atoms with Gasteiger partial charge in [-0.25, -0.2) is 8.42 Å². The predicted molar refractivity (Wildman–Crippen MR) is 108 cm³/mol. The van der Waals surface area contributed by atoms with Crippen LogP contribution in [0.5, 0.6) is 0 Å². The van der Waals surface area contributed by atoms with Gasteiger partial charge in [0.1, 0.15) is 0 Å². The Labute approximate surface area is 155 Å². The second kappa shape index (κ2) is 7.48. The van der Waals surface area contributed by atoms with Crippen molar-refractivity contribution in [3.8, 4) is 0 Å². The molecule has 1 heterocycles. The first-order chi connectivity index (χ1) is 12.4. The Morgan fingerprint density at radius 3 is 2.42 bits per heavy atom. The summed E-state index contributed by atoms with van der Waals surface area (Å²) in [7, 11) is -3.27. The Morgan fingerprint density at radius 1 is 1.04 bits per heavy atom. The topological polar surface area (TPSA) is 65.1 Å². The third-order valence-corrected chi connectivity index (χ3v) is 5.87. The molecule has 1 aliphatic carbocycles. The molecule has 0 fully saturated rings. The van der Waals surface area contributed by atoms with Crippen molar-refractivity contribution in [3.63, 3.8) is 0 Å². The molecule has 0 radical (unpaired) electrons. The van der Waals surface area contributed by atoms with Crippen LogP contribution in [0.25, 0.3) is 12.2 Å². The van der Waals surface area contributed by atoms with Gasteiger partial charge in [-0.1, -0.05) is 48.6 Å². The summed E-state index contributed by atoms with van der Waals surface area (Å²) in [5, 5.41) is 0. The Balaban J connectivity index is 2.17. The third kappa shape index (κ3) is 3.59. The van der Waals surface area contributed by atoms with E-state index in [0.717, 1.165) is 34.6 Å². The summed E-state index contributed by atoms with van der Waals surface area (Å²) < 4.78 is 26.6. The highest BCUT2D eigenvalue weighted by Gasteiger charge is 2.20. The Hall–Kier alpha value is -2.37. The number of nitrogens with zero attached hydrogens (tertiary/aromatic N) is 1. The van der Waals surface area contributed by atoms with Gasteiger partial charge in [0.25, 0.3) is 0 Å². The fourth-order valence-corrected chi connectivity index (χ4v) is 4.42. The van der Waals surface area contributed by atoms with Gasteiger partial charge in [0.2, 0.25) is 0 Å². The maximum atomic E-state index is 12.2. The molecular formula is C21H24N2O2S. The van der Waals surface area contributed by atoms with Gasteiger partial charge in [0, 0.05) is 42.7 Å². The molecule has 0 aliphatic heterocycles. The summed E-state index contributed by atoms with van der Waals surface area (Å²) >= 11 is 0. The normalized spacial score (nSPS) is 13.5. The zero-order valence-corrected chi connectivity index (χ0v) is 16.0. The van der Waals surface area contributed by atoms with Crippen molar-refractivity contribution in [1.29, 1.82) is 0 Å². The van der Waals surface area contributed by atoms with Crippen LogP contribution in [0.3, 0.4) is 0 Å².